The highest BCUT2D eigenvalue weighted by molar-refractivity contribution is 5.81. The number of hydrogen-bond donors (Lipinski definition) is 0. The summed E-state index contributed by atoms with van der Waals surface area (Å²) in [6, 6.07) is 9.87. The lowest BCUT2D eigenvalue weighted by Crippen LogP contribution is -2.35. The van der Waals surface area contributed by atoms with E-state index in [4.69, 9.17) is 4.74 Å². The molecule has 1 atom stereocenters. The fraction of sp³-hybridized carbons (Fsp3) is 0.389. The average Bonchev–Trinajstić information content (AvgIpc) is 3.02. The Labute approximate surface area is 136 Å². The van der Waals surface area contributed by atoms with Gasteiger partial charge in [0.1, 0.15) is 6.10 Å². The zero-order valence-corrected chi connectivity index (χ0v) is 13.5. The number of fused-ring (bicyclic) bond motifs is 1. The first-order chi connectivity index (χ1) is 11.2. The number of hydrogen-bond acceptors (Lipinski definition) is 4. The van der Waals surface area contributed by atoms with Crippen molar-refractivity contribution in [1.29, 1.82) is 0 Å². The average molecular weight is 311 g/mol. The predicted molar refractivity (Wildman–Crippen MR) is 87.4 cm³/mol. The molecule has 120 valence electrons. The van der Waals surface area contributed by atoms with Gasteiger partial charge in [0, 0.05) is 30.5 Å². The van der Waals surface area contributed by atoms with Crippen molar-refractivity contribution < 1.29 is 9.53 Å². The molecule has 1 aliphatic heterocycles. The van der Waals surface area contributed by atoms with Gasteiger partial charge in [-0.25, -0.2) is 9.97 Å². The van der Waals surface area contributed by atoms with Gasteiger partial charge in [-0.3, -0.25) is 4.79 Å². The van der Waals surface area contributed by atoms with Crippen LogP contribution in [0.25, 0.3) is 11.4 Å². The van der Waals surface area contributed by atoms with Crippen molar-refractivity contribution in [1.82, 2.24) is 14.9 Å². The highest BCUT2D eigenvalue weighted by Crippen LogP contribution is 2.24. The largest absolute Gasteiger partial charge is 0.369 e. The molecule has 23 heavy (non-hydrogen) atoms. The summed E-state index contributed by atoms with van der Waals surface area (Å²) in [4.78, 5) is 23.3. The van der Waals surface area contributed by atoms with E-state index >= 15 is 0 Å². The van der Waals surface area contributed by atoms with E-state index in [1.807, 2.05) is 50.4 Å². The molecule has 1 aliphatic rings. The zero-order chi connectivity index (χ0) is 16.2. The lowest BCUT2D eigenvalue weighted by Gasteiger charge is -2.20. The van der Waals surface area contributed by atoms with Crippen LogP contribution in [0.2, 0.25) is 0 Å². The molecule has 0 radical (unpaired) electrons. The van der Waals surface area contributed by atoms with Gasteiger partial charge in [0.2, 0.25) is 0 Å². The number of nitrogens with zero attached hydrogens (tertiary/aromatic N) is 3. The fourth-order valence-corrected chi connectivity index (χ4v) is 2.66. The molecule has 5 nitrogen and oxygen atoms in total. The van der Waals surface area contributed by atoms with E-state index in [-0.39, 0.29) is 5.91 Å². The number of carbonyl (C=O) groups is 1. The first-order valence-electron chi connectivity index (χ1n) is 7.99. The van der Waals surface area contributed by atoms with Crippen molar-refractivity contribution in [3.8, 4) is 11.4 Å². The Morgan fingerprint density at radius 2 is 2.09 bits per heavy atom. The maximum atomic E-state index is 12.4. The number of rotatable bonds is 5. The highest BCUT2D eigenvalue weighted by Gasteiger charge is 2.28. The number of aromatic nitrogens is 2. The summed E-state index contributed by atoms with van der Waals surface area (Å²) in [5, 5.41) is 0. The van der Waals surface area contributed by atoms with Gasteiger partial charge in [0.25, 0.3) is 5.91 Å². The maximum absolute atomic E-state index is 12.4. The predicted octanol–water partition coefficient (Wildman–Crippen LogP) is 2.80. The molecule has 0 saturated heterocycles. The smallest absolute Gasteiger partial charge is 0.252 e. The highest BCUT2D eigenvalue weighted by atomic mass is 16.5. The molecule has 3 rings (SSSR count). The Balaban J connectivity index is 1.73. The zero-order valence-electron chi connectivity index (χ0n) is 13.5. The molecule has 0 bridgehead atoms. The van der Waals surface area contributed by atoms with Crippen LogP contribution in [0.1, 0.15) is 31.5 Å². The standard InChI is InChI=1S/C18H21N3O2/c1-3-9-23-13(2)18(22)21-11-15-10-19-17(20-16(15)12-21)14-7-5-4-6-8-14/h4-8,10,13H,3,9,11-12H2,1-2H3/t13-/m0/s1. The summed E-state index contributed by atoms with van der Waals surface area (Å²) in [5.41, 5.74) is 2.93. The monoisotopic (exact) mass is 311 g/mol. The molecular formula is C18H21N3O2. The summed E-state index contributed by atoms with van der Waals surface area (Å²) >= 11 is 0. The minimum atomic E-state index is -0.411. The van der Waals surface area contributed by atoms with Crippen molar-refractivity contribution >= 4 is 5.91 Å². The van der Waals surface area contributed by atoms with Crippen molar-refractivity contribution in [3.63, 3.8) is 0 Å². The summed E-state index contributed by atoms with van der Waals surface area (Å²) in [6.45, 7) is 5.52. The Hall–Kier alpha value is -2.27. The molecule has 1 aromatic heterocycles. The number of ether oxygens (including phenoxy) is 1. The van der Waals surface area contributed by atoms with Crippen LogP contribution in [0.3, 0.4) is 0 Å². The summed E-state index contributed by atoms with van der Waals surface area (Å²) < 4.78 is 5.53. The Kier molecular flexibility index (Phi) is 4.67. The van der Waals surface area contributed by atoms with E-state index in [0.29, 0.717) is 25.5 Å². The van der Waals surface area contributed by atoms with Gasteiger partial charge in [0.15, 0.2) is 5.82 Å². The number of carbonyl (C=O) groups excluding carboxylic acids is 1. The lowest BCUT2D eigenvalue weighted by atomic mass is 10.2. The molecule has 0 unspecified atom stereocenters. The molecule has 5 heteroatoms. The van der Waals surface area contributed by atoms with Crippen LogP contribution in [0.15, 0.2) is 36.5 Å². The summed E-state index contributed by atoms with van der Waals surface area (Å²) in [6.07, 6.45) is 2.32. The molecule has 0 saturated carbocycles. The van der Waals surface area contributed by atoms with Gasteiger partial charge in [0.05, 0.1) is 12.2 Å². The Morgan fingerprint density at radius 3 is 2.83 bits per heavy atom. The first kappa shape index (κ1) is 15.6. The maximum Gasteiger partial charge on any atom is 0.252 e. The van der Waals surface area contributed by atoms with Gasteiger partial charge in [-0.05, 0) is 13.3 Å². The van der Waals surface area contributed by atoms with Gasteiger partial charge < -0.3 is 9.64 Å². The normalized spacial score (nSPS) is 14.6. The first-order valence-corrected chi connectivity index (χ1v) is 7.99. The van der Waals surface area contributed by atoms with Crippen LogP contribution in [0.5, 0.6) is 0 Å². The number of benzene rings is 1. The fourth-order valence-electron chi connectivity index (χ4n) is 2.66. The van der Waals surface area contributed by atoms with Gasteiger partial charge in [-0.2, -0.15) is 0 Å². The minimum Gasteiger partial charge on any atom is -0.369 e. The van der Waals surface area contributed by atoms with Gasteiger partial charge >= 0.3 is 0 Å². The van der Waals surface area contributed by atoms with E-state index in [2.05, 4.69) is 9.97 Å². The van der Waals surface area contributed by atoms with Crippen LogP contribution in [-0.2, 0) is 22.6 Å². The third kappa shape index (κ3) is 3.40. The molecule has 0 fully saturated rings. The van der Waals surface area contributed by atoms with Gasteiger partial charge in [-0.1, -0.05) is 37.3 Å². The van der Waals surface area contributed by atoms with E-state index in [1.54, 1.807) is 4.90 Å². The van der Waals surface area contributed by atoms with Crippen LogP contribution in [-0.4, -0.2) is 33.5 Å². The Bertz CT molecular complexity index is 688. The van der Waals surface area contributed by atoms with Crippen molar-refractivity contribution in [3.05, 3.63) is 47.8 Å². The quantitative estimate of drug-likeness (QED) is 0.852. The minimum absolute atomic E-state index is 0.0118. The molecule has 2 aromatic rings. The van der Waals surface area contributed by atoms with Gasteiger partial charge in [-0.15, -0.1) is 0 Å². The molecule has 0 N–H and O–H groups in total. The second kappa shape index (κ2) is 6.87. The lowest BCUT2D eigenvalue weighted by molar-refractivity contribution is -0.143. The summed E-state index contributed by atoms with van der Waals surface area (Å²) in [5.74, 6) is 0.714. The van der Waals surface area contributed by atoms with E-state index < -0.39 is 6.10 Å². The topological polar surface area (TPSA) is 55.3 Å². The third-order valence-corrected chi connectivity index (χ3v) is 3.92. The van der Waals surface area contributed by atoms with E-state index in [9.17, 15) is 4.79 Å². The molecule has 1 aromatic carbocycles. The summed E-state index contributed by atoms with van der Waals surface area (Å²) in [7, 11) is 0. The number of amides is 1. The molecule has 2 heterocycles. The Morgan fingerprint density at radius 1 is 1.30 bits per heavy atom. The SMILES string of the molecule is CCCO[C@@H](C)C(=O)N1Cc2cnc(-c3ccccc3)nc2C1. The second-order valence-corrected chi connectivity index (χ2v) is 5.74. The van der Waals surface area contributed by atoms with Crippen LogP contribution < -0.4 is 0 Å². The van der Waals surface area contributed by atoms with Crippen LogP contribution >= 0.6 is 0 Å². The van der Waals surface area contributed by atoms with Crippen LogP contribution in [0, 0.1) is 0 Å². The second-order valence-electron chi connectivity index (χ2n) is 5.74. The molecule has 1 amide bonds. The van der Waals surface area contributed by atoms with Crippen molar-refractivity contribution in [2.24, 2.45) is 0 Å². The van der Waals surface area contributed by atoms with E-state index in [0.717, 1.165) is 23.2 Å². The van der Waals surface area contributed by atoms with E-state index in [1.165, 1.54) is 0 Å². The van der Waals surface area contributed by atoms with Crippen LogP contribution in [0.4, 0.5) is 0 Å². The molecule has 0 spiro atoms. The molecule has 0 aliphatic carbocycles. The molecular weight excluding hydrogens is 290 g/mol. The third-order valence-electron chi connectivity index (χ3n) is 3.92. The van der Waals surface area contributed by atoms with Crippen molar-refractivity contribution in [2.45, 2.75) is 39.5 Å². The van der Waals surface area contributed by atoms with Crippen molar-refractivity contribution in [2.75, 3.05) is 6.61 Å².